The molecule has 1 aliphatic rings. The molecule has 1 aliphatic carbocycles. The molecule has 1 N–H and O–H groups in total. The SMILES string of the molecule is CSC1(CNCc2nccn2C)CCCCC1. The third-order valence-electron chi connectivity index (χ3n) is 3.85. The molecule has 0 atom stereocenters. The predicted molar refractivity (Wildman–Crippen MR) is 74.2 cm³/mol. The minimum Gasteiger partial charge on any atom is -0.337 e. The summed E-state index contributed by atoms with van der Waals surface area (Å²) in [6.07, 6.45) is 13.1. The molecule has 1 fully saturated rings. The van der Waals surface area contributed by atoms with E-state index in [2.05, 4.69) is 28.2 Å². The van der Waals surface area contributed by atoms with Crippen molar-refractivity contribution in [3.63, 3.8) is 0 Å². The van der Waals surface area contributed by atoms with Crippen LogP contribution in [0.1, 0.15) is 37.9 Å². The highest BCUT2D eigenvalue weighted by Gasteiger charge is 2.30. The van der Waals surface area contributed by atoms with Crippen LogP contribution in [0.25, 0.3) is 0 Å². The summed E-state index contributed by atoms with van der Waals surface area (Å²) in [6.45, 7) is 1.99. The molecule has 0 aromatic carbocycles. The van der Waals surface area contributed by atoms with Gasteiger partial charge in [-0.2, -0.15) is 11.8 Å². The molecule has 1 aromatic rings. The molecule has 96 valence electrons. The van der Waals surface area contributed by atoms with Gasteiger partial charge in [0.05, 0.1) is 6.54 Å². The van der Waals surface area contributed by atoms with Gasteiger partial charge in [0.15, 0.2) is 0 Å². The molecule has 1 saturated carbocycles. The van der Waals surface area contributed by atoms with Gasteiger partial charge in [0.1, 0.15) is 5.82 Å². The van der Waals surface area contributed by atoms with Crippen molar-refractivity contribution in [3.05, 3.63) is 18.2 Å². The van der Waals surface area contributed by atoms with Gasteiger partial charge < -0.3 is 9.88 Å². The Balaban J connectivity index is 1.82. The summed E-state index contributed by atoms with van der Waals surface area (Å²) in [5.41, 5.74) is 0. The Morgan fingerprint density at radius 3 is 2.76 bits per heavy atom. The molecule has 0 radical (unpaired) electrons. The summed E-state index contributed by atoms with van der Waals surface area (Å²) in [5.74, 6) is 1.12. The normalized spacial score (nSPS) is 19.4. The molecule has 0 saturated heterocycles. The van der Waals surface area contributed by atoms with Crippen LogP contribution >= 0.6 is 11.8 Å². The molecule has 0 spiro atoms. The standard InChI is InChI=1S/C13H23N3S/c1-16-9-8-15-12(16)10-14-11-13(17-2)6-4-3-5-7-13/h8-9,14H,3-7,10-11H2,1-2H3. The predicted octanol–water partition coefficient (Wildman–Crippen LogP) is 2.58. The van der Waals surface area contributed by atoms with Crippen LogP contribution in [0.5, 0.6) is 0 Å². The van der Waals surface area contributed by atoms with Crippen LogP contribution in [0.4, 0.5) is 0 Å². The van der Waals surface area contributed by atoms with Crippen molar-refractivity contribution in [1.29, 1.82) is 0 Å². The van der Waals surface area contributed by atoms with Gasteiger partial charge >= 0.3 is 0 Å². The first-order chi connectivity index (χ1) is 8.26. The van der Waals surface area contributed by atoms with Crippen LogP contribution in [-0.4, -0.2) is 27.1 Å². The van der Waals surface area contributed by atoms with Crippen LogP contribution in [0.3, 0.4) is 0 Å². The van der Waals surface area contributed by atoms with Gasteiger partial charge in [-0.3, -0.25) is 0 Å². The zero-order valence-corrected chi connectivity index (χ0v) is 11.7. The number of nitrogens with one attached hydrogen (secondary N) is 1. The Morgan fingerprint density at radius 2 is 2.18 bits per heavy atom. The summed E-state index contributed by atoms with van der Waals surface area (Å²) < 4.78 is 2.56. The first-order valence-corrected chi connectivity index (χ1v) is 7.70. The fraction of sp³-hybridized carbons (Fsp3) is 0.769. The Bertz CT molecular complexity index is 342. The molecule has 0 amide bonds. The third kappa shape index (κ3) is 3.26. The van der Waals surface area contributed by atoms with Crippen molar-refractivity contribution in [3.8, 4) is 0 Å². The number of thioether (sulfide) groups is 1. The Kier molecular flexibility index (Phi) is 4.51. The average molecular weight is 253 g/mol. The van der Waals surface area contributed by atoms with Crippen molar-refractivity contribution < 1.29 is 0 Å². The molecule has 17 heavy (non-hydrogen) atoms. The Labute approximate surface area is 108 Å². The highest BCUT2D eigenvalue weighted by molar-refractivity contribution is 8.00. The van der Waals surface area contributed by atoms with Crippen molar-refractivity contribution in [2.24, 2.45) is 7.05 Å². The second kappa shape index (κ2) is 5.91. The summed E-state index contributed by atoms with van der Waals surface area (Å²) in [4.78, 5) is 4.34. The van der Waals surface area contributed by atoms with E-state index in [1.165, 1.54) is 32.1 Å². The van der Waals surface area contributed by atoms with Crippen molar-refractivity contribution in [2.75, 3.05) is 12.8 Å². The Hall–Kier alpha value is -0.480. The lowest BCUT2D eigenvalue weighted by molar-refractivity contribution is 0.377. The van der Waals surface area contributed by atoms with Crippen LogP contribution in [0, 0.1) is 0 Å². The van der Waals surface area contributed by atoms with E-state index in [4.69, 9.17) is 0 Å². The lowest BCUT2D eigenvalue weighted by atomic mass is 9.88. The summed E-state index contributed by atoms with van der Waals surface area (Å²) >= 11 is 2.04. The summed E-state index contributed by atoms with van der Waals surface area (Å²) in [6, 6.07) is 0. The molecule has 2 rings (SSSR count). The molecular weight excluding hydrogens is 230 g/mol. The molecule has 4 heteroatoms. The lowest BCUT2D eigenvalue weighted by Gasteiger charge is -2.36. The number of rotatable bonds is 5. The van der Waals surface area contributed by atoms with Crippen molar-refractivity contribution in [2.45, 2.75) is 43.4 Å². The highest BCUT2D eigenvalue weighted by atomic mass is 32.2. The van der Waals surface area contributed by atoms with Gasteiger partial charge in [0.2, 0.25) is 0 Å². The Morgan fingerprint density at radius 1 is 1.41 bits per heavy atom. The fourth-order valence-corrected chi connectivity index (χ4v) is 3.56. The van der Waals surface area contributed by atoms with E-state index in [1.807, 2.05) is 24.2 Å². The van der Waals surface area contributed by atoms with E-state index in [9.17, 15) is 0 Å². The molecule has 0 aliphatic heterocycles. The molecule has 3 nitrogen and oxygen atoms in total. The second-order valence-electron chi connectivity index (χ2n) is 5.01. The number of hydrogen-bond acceptors (Lipinski definition) is 3. The first-order valence-electron chi connectivity index (χ1n) is 6.48. The van der Waals surface area contributed by atoms with Crippen LogP contribution in [0.2, 0.25) is 0 Å². The van der Waals surface area contributed by atoms with Crippen LogP contribution in [0.15, 0.2) is 12.4 Å². The topological polar surface area (TPSA) is 29.9 Å². The first kappa shape index (κ1) is 13.0. The van der Waals surface area contributed by atoms with Gasteiger partial charge in [0, 0.05) is 30.7 Å². The van der Waals surface area contributed by atoms with Gasteiger partial charge in [-0.1, -0.05) is 19.3 Å². The number of aromatic nitrogens is 2. The van der Waals surface area contributed by atoms with Gasteiger partial charge in [0.25, 0.3) is 0 Å². The van der Waals surface area contributed by atoms with E-state index in [-0.39, 0.29) is 0 Å². The van der Waals surface area contributed by atoms with E-state index < -0.39 is 0 Å². The number of aryl methyl sites for hydroxylation is 1. The molecule has 0 unspecified atom stereocenters. The molecule has 1 aromatic heterocycles. The molecule has 0 bridgehead atoms. The largest absolute Gasteiger partial charge is 0.337 e. The maximum absolute atomic E-state index is 4.34. The maximum atomic E-state index is 4.34. The smallest absolute Gasteiger partial charge is 0.122 e. The molecular formula is C13H23N3S. The summed E-state index contributed by atoms with van der Waals surface area (Å²) in [7, 11) is 2.05. The van der Waals surface area contributed by atoms with Crippen LogP contribution < -0.4 is 5.32 Å². The lowest BCUT2D eigenvalue weighted by Crippen LogP contribution is -2.39. The maximum Gasteiger partial charge on any atom is 0.122 e. The average Bonchev–Trinajstić information content (AvgIpc) is 2.76. The van der Waals surface area contributed by atoms with Crippen molar-refractivity contribution in [1.82, 2.24) is 14.9 Å². The number of hydrogen-bond donors (Lipinski definition) is 1. The minimum atomic E-state index is 0.476. The minimum absolute atomic E-state index is 0.476. The van der Waals surface area contributed by atoms with E-state index in [0.717, 1.165) is 18.9 Å². The quantitative estimate of drug-likeness (QED) is 0.874. The summed E-state index contributed by atoms with van der Waals surface area (Å²) in [5, 5.41) is 3.59. The zero-order valence-electron chi connectivity index (χ0n) is 10.9. The fourth-order valence-electron chi connectivity index (χ4n) is 2.62. The van der Waals surface area contributed by atoms with Gasteiger partial charge in [-0.05, 0) is 19.1 Å². The number of nitrogens with zero attached hydrogens (tertiary/aromatic N) is 2. The number of imidazole rings is 1. The monoisotopic (exact) mass is 253 g/mol. The van der Waals surface area contributed by atoms with E-state index in [1.54, 1.807) is 0 Å². The van der Waals surface area contributed by atoms with Gasteiger partial charge in [-0.25, -0.2) is 4.98 Å². The highest BCUT2D eigenvalue weighted by Crippen LogP contribution is 2.37. The van der Waals surface area contributed by atoms with E-state index >= 15 is 0 Å². The van der Waals surface area contributed by atoms with Crippen molar-refractivity contribution >= 4 is 11.8 Å². The van der Waals surface area contributed by atoms with Gasteiger partial charge in [-0.15, -0.1) is 0 Å². The van der Waals surface area contributed by atoms with E-state index in [0.29, 0.717) is 4.75 Å². The second-order valence-corrected chi connectivity index (χ2v) is 6.28. The third-order valence-corrected chi connectivity index (χ3v) is 5.27. The van der Waals surface area contributed by atoms with Crippen LogP contribution in [-0.2, 0) is 13.6 Å². The molecule has 1 heterocycles. The zero-order chi connectivity index (χ0) is 12.1.